The molecule has 0 saturated heterocycles. The molecule has 0 fully saturated rings. The van der Waals surface area contributed by atoms with Crippen molar-refractivity contribution >= 4 is 43.2 Å². The lowest BCUT2D eigenvalue weighted by Crippen LogP contribution is -2.14. The van der Waals surface area contributed by atoms with Gasteiger partial charge in [0, 0.05) is 4.47 Å². The highest BCUT2D eigenvalue weighted by Crippen LogP contribution is 2.27. The van der Waals surface area contributed by atoms with Crippen LogP contribution < -0.4 is 4.72 Å². The van der Waals surface area contributed by atoms with Gasteiger partial charge in [0.1, 0.15) is 10.7 Å². The molecule has 0 aliphatic carbocycles. The predicted molar refractivity (Wildman–Crippen MR) is 76.4 cm³/mol. The highest BCUT2D eigenvalue weighted by molar-refractivity contribution is 9.10. The van der Waals surface area contributed by atoms with Crippen molar-refractivity contribution in [3.63, 3.8) is 0 Å². The molecule has 1 N–H and O–H groups in total. The summed E-state index contributed by atoms with van der Waals surface area (Å²) in [4.78, 5) is -0.402. The summed E-state index contributed by atoms with van der Waals surface area (Å²) >= 11 is 8.99. The van der Waals surface area contributed by atoms with Gasteiger partial charge in [0.2, 0.25) is 0 Å². The fourth-order valence-corrected chi connectivity index (χ4v) is 3.06. The molecule has 19 heavy (non-hydrogen) atoms. The Bertz CT molecular complexity index is 721. The van der Waals surface area contributed by atoms with Gasteiger partial charge in [-0.15, -0.1) is 0 Å². The summed E-state index contributed by atoms with van der Waals surface area (Å²) in [6.07, 6.45) is 0. The zero-order chi connectivity index (χ0) is 14.0. The van der Waals surface area contributed by atoms with Crippen molar-refractivity contribution in [2.75, 3.05) is 4.72 Å². The second-order valence-corrected chi connectivity index (χ2v) is 6.58. The Morgan fingerprint density at radius 2 is 1.84 bits per heavy atom. The van der Waals surface area contributed by atoms with Crippen LogP contribution in [0.15, 0.2) is 51.8 Å². The van der Waals surface area contributed by atoms with Gasteiger partial charge in [-0.25, -0.2) is 12.8 Å². The number of anilines is 1. The molecule has 0 spiro atoms. The van der Waals surface area contributed by atoms with Crippen molar-refractivity contribution in [2.45, 2.75) is 4.90 Å². The largest absolute Gasteiger partial charge is 0.280 e. The molecular weight excluding hydrogens is 357 g/mol. The third-order valence-electron chi connectivity index (χ3n) is 2.30. The zero-order valence-corrected chi connectivity index (χ0v) is 12.6. The van der Waals surface area contributed by atoms with Crippen molar-refractivity contribution < 1.29 is 12.8 Å². The molecule has 0 saturated carbocycles. The Hall–Kier alpha value is -1.11. The van der Waals surface area contributed by atoms with Crippen LogP contribution in [0.1, 0.15) is 0 Å². The average molecular weight is 365 g/mol. The monoisotopic (exact) mass is 363 g/mol. The molecule has 2 aromatic carbocycles. The second kappa shape index (κ2) is 5.48. The van der Waals surface area contributed by atoms with Gasteiger partial charge in [-0.3, -0.25) is 4.72 Å². The molecule has 0 aliphatic rings. The summed E-state index contributed by atoms with van der Waals surface area (Å²) in [5.41, 5.74) is 0.291. The first-order chi connectivity index (χ1) is 8.90. The van der Waals surface area contributed by atoms with Gasteiger partial charge in [0.05, 0.1) is 10.7 Å². The van der Waals surface area contributed by atoms with Crippen LogP contribution in [0, 0.1) is 5.82 Å². The van der Waals surface area contributed by atoms with Gasteiger partial charge in [-0.1, -0.05) is 23.7 Å². The molecule has 2 aromatic rings. The fourth-order valence-electron chi connectivity index (χ4n) is 1.43. The molecule has 7 heteroatoms. The minimum absolute atomic E-state index is 0.291. The molecule has 0 aliphatic heterocycles. The lowest BCUT2D eigenvalue weighted by atomic mass is 10.3. The number of hydrogen-bond donors (Lipinski definition) is 1. The molecular formula is C12H8BrClFNO2S. The Kier molecular flexibility index (Phi) is 4.13. The third-order valence-corrected chi connectivity index (χ3v) is 4.93. The van der Waals surface area contributed by atoms with Crippen LogP contribution in [0.5, 0.6) is 0 Å². The van der Waals surface area contributed by atoms with Crippen LogP contribution in [-0.4, -0.2) is 8.42 Å². The van der Waals surface area contributed by atoms with Crippen LogP contribution in [0.4, 0.5) is 10.1 Å². The minimum Gasteiger partial charge on any atom is -0.280 e. The smallest absolute Gasteiger partial charge is 0.264 e. The number of sulfonamides is 1. The van der Waals surface area contributed by atoms with E-state index in [0.29, 0.717) is 15.2 Å². The molecule has 3 nitrogen and oxygen atoms in total. The zero-order valence-electron chi connectivity index (χ0n) is 9.40. The van der Waals surface area contributed by atoms with E-state index in [1.165, 1.54) is 36.4 Å². The highest BCUT2D eigenvalue weighted by Gasteiger charge is 2.18. The van der Waals surface area contributed by atoms with E-state index in [1.54, 1.807) is 0 Å². The fraction of sp³-hybridized carbons (Fsp3) is 0. The third kappa shape index (κ3) is 3.26. The Morgan fingerprint density at radius 1 is 1.16 bits per heavy atom. The molecule has 0 atom stereocenters. The summed E-state index contributed by atoms with van der Waals surface area (Å²) in [7, 11) is -3.96. The van der Waals surface area contributed by atoms with Crippen molar-refractivity contribution in [3.05, 3.63) is 57.8 Å². The Balaban J connectivity index is 2.37. The first-order valence-corrected chi connectivity index (χ1v) is 7.78. The minimum atomic E-state index is -3.96. The van der Waals surface area contributed by atoms with E-state index in [1.807, 2.05) is 0 Å². The van der Waals surface area contributed by atoms with E-state index in [2.05, 4.69) is 20.7 Å². The summed E-state index contributed by atoms with van der Waals surface area (Å²) < 4.78 is 40.4. The van der Waals surface area contributed by atoms with E-state index in [9.17, 15) is 12.8 Å². The van der Waals surface area contributed by atoms with Crippen LogP contribution in [0.2, 0.25) is 5.02 Å². The number of rotatable bonds is 3. The van der Waals surface area contributed by atoms with Crippen LogP contribution >= 0.6 is 27.5 Å². The topological polar surface area (TPSA) is 46.2 Å². The standard InChI is InChI=1S/C12H8BrClFNO2S/c13-9-7-8(5-6-10(9)14)16-19(17,18)12-4-2-1-3-11(12)15/h1-7,16H. The van der Waals surface area contributed by atoms with E-state index < -0.39 is 20.7 Å². The molecule has 100 valence electrons. The summed E-state index contributed by atoms with van der Waals surface area (Å²) in [6.45, 7) is 0. The van der Waals surface area contributed by atoms with Crippen molar-refractivity contribution in [1.82, 2.24) is 0 Å². The normalized spacial score (nSPS) is 11.3. The first-order valence-electron chi connectivity index (χ1n) is 5.12. The van der Waals surface area contributed by atoms with E-state index in [-0.39, 0.29) is 0 Å². The van der Waals surface area contributed by atoms with Gasteiger partial charge in [-0.2, -0.15) is 0 Å². The van der Waals surface area contributed by atoms with Crippen LogP contribution in [-0.2, 0) is 10.0 Å². The number of halogens is 3. The van der Waals surface area contributed by atoms with Gasteiger partial charge in [0.25, 0.3) is 10.0 Å². The average Bonchev–Trinajstić information content (AvgIpc) is 2.34. The molecule has 0 amide bonds. The highest BCUT2D eigenvalue weighted by atomic mass is 79.9. The molecule has 0 heterocycles. The quantitative estimate of drug-likeness (QED) is 0.893. The summed E-state index contributed by atoms with van der Waals surface area (Å²) in [5.74, 6) is -0.803. The van der Waals surface area contributed by atoms with Crippen LogP contribution in [0.3, 0.4) is 0 Å². The summed E-state index contributed by atoms with van der Waals surface area (Å²) in [6, 6.07) is 9.69. The van der Waals surface area contributed by atoms with E-state index in [4.69, 9.17) is 11.6 Å². The lowest BCUT2D eigenvalue weighted by Gasteiger charge is -2.09. The molecule has 0 unspecified atom stereocenters. The van der Waals surface area contributed by atoms with E-state index >= 15 is 0 Å². The molecule has 0 radical (unpaired) electrons. The molecule has 0 bridgehead atoms. The number of benzene rings is 2. The Labute approximate surface area is 123 Å². The number of nitrogens with one attached hydrogen (secondary N) is 1. The van der Waals surface area contributed by atoms with Crippen molar-refractivity contribution in [2.24, 2.45) is 0 Å². The van der Waals surface area contributed by atoms with Gasteiger partial charge in [-0.05, 0) is 46.3 Å². The van der Waals surface area contributed by atoms with Gasteiger partial charge < -0.3 is 0 Å². The van der Waals surface area contributed by atoms with Crippen molar-refractivity contribution in [1.29, 1.82) is 0 Å². The van der Waals surface area contributed by atoms with Crippen molar-refractivity contribution in [3.8, 4) is 0 Å². The van der Waals surface area contributed by atoms with Gasteiger partial charge in [0.15, 0.2) is 0 Å². The van der Waals surface area contributed by atoms with Gasteiger partial charge >= 0.3 is 0 Å². The predicted octanol–water partition coefficient (Wildman–Crippen LogP) is 4.04. The SMILES string of the molecule is O=S(=O)(Nc1ccc(Cl)c(Br)c1)c1ccccc1F. The Morgan fingerprint density at radius 3 is 2.47 bits per heavy atom. The molecule has 0 aromatic heterocycles. The summed E-state index contributed by atoms with van der Waals surface area (Å²) in [5, 5.41) is 0.453. The maximum atomic E-state index is 13.5. The molecule has 2 rings (SSSR count). The number of hydrogen-bond acceptors (Lipinski definition) is 2. The maximum absolute atomic E-state index is 13.5. The van der Waals surface area contributed by atoms with E-state index in [0.717, 1.165) is 6.07 Å². The van der Waals surface area contributed by atoms with Crippen LogP contribution in [0.25, 0.3) is 0 Å². The maximum Gasteiger partial charge on any atom is 0.264 e. The second-order valence-electron chi connectivity index (χ2n) is 3.66. The first kappa shape index (κ1) is 14.3. The lowest BCUT2D eigenvalue weighted by molar-refractivity contribution is 0.570.